The number of esters is 1. The highest BCUT2D eigenvalue weighted by Gasteiger charge is 2.33. The molecule has 0 spiro atoms. The second kappa shape index (κ2) is 5.84. The summed E-state index contributed by atoms with van der Waals surface area (Å²) in [6.07, 6.45) is 2.90. The van der Waals surface area contributed by atoms with Gasteiger partial charge in [0.2, 0.25) is 5.91 Å². The van der Waals surface area contributed by atoms with Gasteiger partial charge < -0.3 is 15.8 Å². The van der Waals surface area contributed by atoms with Gasteiger partial charge in [-0.05, 0) is 32.2 Å². The Balaban J connectivity index is 2.48. The predicted molar refractivity (Wildman–Crippen MR) is 59.5 cm³/mol. The zero-order valence-electron chi connectivity index (χ0n) is 9.86. The zero-order valence-corrected chi connectivity index (χ0v) is 9.86. The van der Waals surface area contributed by atoms with Crippen LogP contribution in [-0.2, 0) is 14.3 Å². The molecule has 1 rings (SSSR count). The fourth-order valence-electron chi connectivity index (χ4n) is 2.22. The van der Waals surface area contributed by atoms with E-state index in [1.165, 1.54) is 7.11 Å². The lowest BCUT2D eigenvalue weighted by Gasteiger charge is -2.19. The lowest BCUT2D eigenvalue weighted by molar-refractivity contribution is -0.145. The van der Waals surface area contributed by atoms with Crippen molar-refractivity contribution in [1.29, 1.82) is 0 Å². The molecule has 0 aromatic heterocycles. The maximum Gasteiger partial charge on any atom is 0.328 e. The van der Waals surface area contributed by atoms with Crippen molar-refractivity contribution in [3.8, 4) is 0 Å². The third kappa shape index (κ3) is 2.95. The minimum atomic E-state index is -0.587. The maximum absolute atomic E-state index is 11.9. The first-order valence-electron chi connectivity index (χ1n) is 5.68. The van der Waals surface area contributed by atoms with E-state index < -0.39 is 12.0 Å². The molecule has 0 saturated heterocycles. The van der Waals surface area contributed by atoms with Crippen LogP contribution < -0.4 is 11.1 Å². The topological polar surface area (TPSA) is 81.4 Å². The monoisotopic (exact) mass is 228 g/mol. The lowest BCUT2D eigenvalue weighted by Crippen LogP contribution is -2.43. The van der Waals surface area contributed by atoms with Gasteiger partial charge in [-0.2, -0.15) is 0 Å². The molecule has 5 nitrogen and oxygen atoms in total. The highest BCUT2D eigenvalue weighted by molar-refractivity contribution is 5.85. The second-order valence-corrected chi connectivity index (χ2v) is 4.29. The van der Waals surface area contributed by atoms with E-state index in [1.54, 1.807) is 6.92 Å². The molecule has 1 aliphatic rings. The van der Waals surface area contributed by atoms with Crippen LogP contribution >= 0.6 is 0 Å². The molecular formula is C11H20N2O3. The summed E-state index contributed by atoms with van der Waals surface area (Å²) in [5, 5.41) is 2.67. The largest absolute Gasteiger partial charge is 0.467 e. The minimum Gasteiger partial charge on any atom is -0.467 e. The number of rotatable bonds is 4. The van der Waals surface area contributed by atoms with Gasteiger partial charge >= 0.3 is 5.97 Å². The van der Waals surface area contributed by atoms with E-state index in [4.69, 9.17) is 5.73 Å². The van der Waals surface area contributed by atoms with Gasteiger partial charge in [0.15, 0.2) is 0 Å². The van der Waals surface area contributed by atoms with E-state index >= 15 is 0 Å². The quantitative estimate of drug-likeness (QED) is 0.666. The minimum absolute atomic E-state index is 0.0443. The Hall–Kier alpha value is -1.10. The van der Waals surface area contributed by atoms with Gasteiger partial charge in [0, 0.05) is 5.92 Å². The summed E-state index contributed by atoms with van der Waals surface area (Å²) in [6, 6.07) is -0.587. The Labute approximate surface area is 95.7 Å². The summed E-state index contributed by atoms with van der Waals surface area (Å²) >= 11 is 0. The molecule has 0 heterocycles. The van der Waals surface area contributed by atoms with Gasteiger partial charge in [0.1, 0.15) is 6.04 Å². The van der Waals surface area contributed by atoms with Gasteiger partial charge in [-0.25, -0.2) is 4.79 Å². The smallest absolute Gasteiger partial charge is 0.328 e. The van der Waals surface area contributed by atoms with E-state index in [0.717, 1.165) is 19.3 Å². The van der Waals surface area contributed by atoms with Crippen molar-refractivity contribution in [2.75, 3.05) is 13.7 Å². The Kier molecular flexibility index (Phi) is 4.73. The highest BCUT2D eigenvalue weighted by Crippen LogP contribution is 2.30. The predicted octanol–water partition coefficient (Wildman–Crippen LogP) is 0.0391. The Morgan fingerprint density at radius 2 is 2.19 bits per heavy atom. The summed E-state index contributed by atoms with van der Waals surface area (Å²) in [4.78, 5) is 23.0. The third-order valence-corrected chi connectivity index (χ3v) is 3.21. The van der Waals surface area contributed by atoms with Crippen LogP contribution in [0.2, 0.25) is 0 Å². The summed E-state index contributed by atoms with van der Waals surface area (Å²) < 4.78 is 4.55. The summed E-state index contributed by atoms with van der Waals surface area (Å²) in [5.74, 6) is -0.288. The molecule has 1 fully saturated rings. The lowest BCUT2D eigenvalue weighted by atomic mass is 9.95. The fourth-order valence-corrected chi connectivity index (χ4v) is 2.22. The van der Waals surface area contributed by atoms with Gasteiger partial charge in [0.05, 0.1) is 7.11 Å². The molecule has 0 aromatic carbocycles. The van der Waals surface area contributed by atoms with Crippen molar-refractivity contribution in [2.45, 2.75) is 32.2 Å². The SMILES string of the molecule is COC(=O)C(C)NC(=O)[C@@H]1CCC[C@@H]1CN. The number of nitrogens with one attached hydrogen (secondary N) is 1. The normalized spacial score (nSPS) is 26.2. The van der Waals surface area contributed by atoms with Crippen LogP contribution in [0.25, 0.3) is 0 Å². The number of carbonyl (C=O) groups is 2. The summed E-state index contributed by atoms with van der Waals surface area (Å²) in [7, 11) is 1.31. The van der Waals surface area contributed by atoms with Crippen molar-refractivity contribution >= 4 is 11.9 Å². The van der Waals surface area contributed by atoms with Gasteiger partial charge in [-0.1, -0.05) is 6.42 Å². The highest BCUT2D eigenvalue weighted by atomic mass is 16.5. The van der Waals surface area contributed by atoms with Crippen LogP contribution in [0, 0.1) is 11.8 Å². The van der Waals surface area contributed by atoms with Crippen molar-refractivity contribution < 1.29 is 14.3 Å². The molecule has 1 aliphatic carbocycles. The summed E-state index contributed by atoms with van der Waals surface area (Å²) in [5.41, 5.74) is 5.61. The zero-order chi connectivity index (χ0) is 12.1. The first-order valence-corrected chi connectivity index (χ1v) is 5.68. The van der Waals surface area contributed by atoms with Crippen molar-refractivity contribution in [2.24, 2.45) is 17.6 Å². The Morgan fingerprint density at radius 1 is 1.50 bits per heavy atom. The molecule has 3 N–H and O–H groups in total. The average molecular weight is 228 g/mol. The molecule has 0 radical (unpaired) electrons. The molecule has 0 bridgehead atoms. The third-order valence-electron chi connectivity index (χ3n) is 3.21. The number of amides is 1. The first-order chi connectivity index (χ1) is 7.60. The Bertz CT molecular complexity index is 268. The van der Waals surface area contributed by atoms with Crippen molar-refractivity contribution in [3.63, 3.8) is 0 Å². The van der Waals surface area contributed by atoms with Crippen molar-refractivity contribution in [3.05, 3.63) is 0 Å². The fraction of sp³-hybridized carbons (Fsp3) is 0.818. The molecule has 16 heavy (non-hydrogen) atoms. The number of ether oxygens (including phenoxy) is 1. The van der Waals surface area contributed by atoms with Crippen LogP contribution in [0.15, 0.2) is 0 Å². The number of methoxy groups -OCH3 is 1. The van der Waals surface area contributed by atoms with Gasteiger partial charge in [-0.15, -0.1) is 0 Å². The molecular weight excluding hydrogens is 208 g/mol. The average Bonchev–Trinajstić information content (AvgIpc) is 2.75. The first kappa shape index (κ1) is 13.0. The molecule has 0 aliphatic heterocycles. The molecule has 0 aromatic rings. The maximum atomic E-state index is 11.9. The number of hydrogen-bond acceptors (Lipinski definition) is 4. The number of nitrogens with two attached hydrogens (primary N) is 1. The van der Waals surface area contributed by atoms with E-state index in [1.807, 2.05) is 0 Å². The van der Waals surface area contributed by atoms with Crippen LogP contribution in [-0.4, -0.2) is 31.6 Å². The second-order valence-electron chi connectivity index (χ2n) is 4.29. The van der Waals surface area contributed by atoms with Crippen molar-refractivity contribution in [1.82, 2.24) is 5.32 Å². The van der Waals surface area contributed by atoms with E-state index in [9.17, 15) is 9.59 Å². The number of carbonyl (C=O) groups excluding carboxylic acids is 2. The molecule has 1 saturated carbocycles. The molecule has 5 heteroatoms. The molecule has 1 amide bonds. The van der Waals surface area contributed by atoms with Crippen LogP contribution in [0.3, 0.4) is 0 Å². The van der Waals surface area contributed by atoms with Crippen LogP contribution in [0.4, 0.5) is 0 Å². The Morgan fingerprint density at radius 3 is 2.75 bits per heavy atom. The van der Waals surface area contributed by atoms with Crippen LogP contribution in [0.1, 0.15) is 26.2 Å². The van der Waals surface area contributed by atoms with Crippen LogP contribution in [0.5, 0.6) is 0 Å². The standard InChI is InChI=1S/C11H20N2O3/c1-7(11(15)16-2)13-10(14)9-5-3-4-8(9)6-12/h7-9H,3-6,12H2,1-2H3,(H,13,14)/t7?,8-,9-/m1/s1. The van der Waals surface area contributed by atoms with E-state index in [0.29, 0.717) is 6.54 Å². The number of hydrogen-bond donors (Lipinski definition) is 2. The van der Waals surface area contributed by atoms with Gasteiger partial charge in [-0.3, -0.25) is 4.79 Å². The molecule has 92 valence electrons. The van der Waals surface area contributed by atoms with E-state index in [-0.39, 0.29) is 17.7 Å². The summed E-state index contributed by atoms with van der Waals surface area (Å²) in [6.45, 7) is 2.15. The molecule has 3 atom stereocenters. The van der Waals surface area contributed by atoms with E-state index in [2.05, 4.69) is 10.1 Å². The van der Waals surface area contributed by atoms with Gasteiger partial charge in [0.25, 0.3) is 0 Å². The molecule has 1 unspecified atom stereocenters.